The Hall–Kier alpha value is -1.06. The molecule has 0 aromatic heterocycles. The minimum absolute atomic E-state index is 0.0854. The molecule has 0 amide bonds. The maximum atomic E-state index is 9.55. The van der Waals surface area contributed by atoms with Crippen LogP contribution in [0.2, 0.25) is 0 Å². The summed E-state index contributed by atoms with van der Waals surface area (Å²) >= 11 is 0. The zero-order valence-corrected chi connectivity index (χ0v) is 11.9. The third-order valence-electron chi connectivity index (χ3n) is 3.91. The number of hydrogen-bond acceptors (Lipinski definition) is 3. The van der Waals surface area contributed by atoms with Crippen LogP contribution in [-0.2, 0) is 0 Å². The lowest BCUT2D eigenvalue weighted by Crippen LogP contribution is -2.25. The van der Waals surface area contributed by atoms with E-state index < -0.39 is 0 Å². The van der Waals surface area contributed by atoms with E-state index in [9.17, 15) is 5.11 Å². The van der Waals surface area contributed by atoms with Crippen molar-refractivity contribution in [3.8, 4) is 5.75 Å². The molecule has 1 aliphatic carbocycles. The van der Waals surface area contributed by atoms with E-state index in [0.717, 1.165) is 31.6 Å². The fourth-order valence-corrected chi connectivity index (χ4v) is 2.81. The molecule has 1 saturated carbocycles. The molecule has 106 valence electrons. The Morgan fingerprint density at radius 3 is 2.84 bits per heavy atom. The van der Waals surface area contributed by atoms with E-state index in [0.29, 0.717) is 12.5 Å². The van der Waals surface area contributed by atoms with Gasteiger partial charge in [0.25, 0.3) is 0 Å². The van der Waals surface area contributed by atoms with Gasteiger partial charge in [0.05, 0.1) is 12.7 Å². The number of aliphatic hydroxyl groups is 1. The van der Waals surface area contributed by atoms with Gasteiger partial charge in [0.2, 0.25) is 0 Å². The first kappa shape index (κ1) is 14.4. The van der Waals surface area contributed by atoms with Crippen molar-refractivity contribution >= 4 is 0 Å². The fraction of sp³-hybridized carbons (Fsp3) is 0.625. The second-order valence-corrected chi connectivity index (χ2v) is 5.43. The van der Waals surface area contributed by atoms with Crippen molar-refractivity contribution in [2.75, 3.05) is 13.2 Å². The molecule has 3 nitrogen and oxygen atoms in total. The number of hydrogen-bond donors (Lipinski definition) is 2. The first-order valence-corrected chi connectivity index (χ1v) is 7.33. The fourth-order valence-electron chi connectivity index (χ4n) is 2.81. The highest BCUT2D eigenvalue weighted by atomic mass is 16.5. The molecule has 0 heterocycles. The van der Waals surface area contributed by atoms with Crippen LogP contribution in [0.25, 0.3) is 0 Å². The maximum absolute atomic E-state index is 9.55. The number of benzene rings is 1. The van der Waals surface area contributed by atoms with Gasteiger partial charge in [0, 0.05) is 11.6 Å². The molecule has 1 fully saturated rings. The van der Waals surface area contributed by atoms with E-state index in [1.807, 2.05) is 19.1 Å². The minimum Gasteiger partial charge on any atom is -0.494 e. The Morgan fingerprint density at radius 1 is 1.37 bits per heavy atom. The van der Waals surface area contributed by atoms with Gasteiger partial charge in [0.15, 0.2) is 0 Å². The number of nitrogens with one attached hydrogen (secondary N) is 1. The van der Waals surface area contributed by atoms with Crippen LogP contribution in [0.3, 0.4) is 0 Å². The number of rotatable bonds is 6. The molecule has 0 radical (unpaired) electrons. The second-order valence-electron chi connectivity index (χ2n) is 5.43. The van der Waals surface area contributed by atoms with E-state index >= 15 is 0 Å². The molecular formula is C16H25NO2. The lowest BCUT2D eigenvalue weighted by atomic mass is 10.0. The zero-order chi connectivity index (χ0) is 13.7. The van der Waals surface area contributed by atoms with E-state index in [1.54, 1.807) is 0 Å². The van der Waals surface area contributed by atoms with Gasteiger partial charge < -0.3 is 15.2 Å². The first-order valence-electron chi connectivity index (χ1n) is 7.33. The van der Waals surface area contributed by atoms with Gasteiger partial charge in [-0.3, -0.25) is 0 Å². The summed E-state index contributed by atoms with van der Waals surface area (Å²) in [6.07, 6.45) is 2.94. The van der Waals surface area contributed by atoms with Gasteiger partial charge in [0.1, 0.15) is 5.75 Å². The van der Waals surface area contributed by atoms with Crippen LogP contribution in [0.15, 0.2) is 24.3 Å². The molecule has 19 heavy (non-hydrogen) atoms. The molecule has 3 unspecified atom stereocenters. The highest BCUT2D eigenvalue weighted by Gasteiger charge is 2.23. The molecular weight excluding hydrogens is 238 g/mol. The highest BCUT2D eigenvalue weighted by molar-refractivity contribution is 5.35. The smallest absolute Gasteiger partial charge is 0.124 e. The van der Waals surface area contributed by atoms with Crippen molar-refractivity contribution in [1.82, 2.24) is 5.32 Å². The summed E-state index contributed by atoms with van der Waals surface area (Å²) in [5, 5.41) is 13.1. The summed E-state index contributed by atoms with van der Waals surface area (Å²) in [5.41, 5.74) is 1.21. The molecule has 1 aromatic carbocycles. The number of para-hydroxylation sites is 1. The van der Waals surface area contributed by atoms with Crippen LogP contribution >= 0.6 is 0 Å². The molecule has 2 rings (SSSR count). The van der Waals surface area contributed by atoms with Crippen LogP contribution in [0.5, 0.6) is 5.75 Å². The van der Waals surface area contributed by atoms with Gasteiger partial charge in [-0.15, -0.1) is 0 Å². The maximum Gasteiger partial charge on any atom is 0.124 e. The van der Waals surface area contributed by atoms with Gasteiger partial charge in [-0.25, -0.2) is 0 Å². The Morgan fingerprint density at radius 2 is 2.16 bits per heavy atom. The molecule has 1 aromatic rings. The monoisotopic (exact) mass is 263 g/mol. The van der Waals surface area contributed by atoms with E-state index in [1.165, 1.54) is 5.56 Å². The van der Waals surface area contributed by atoms with Crippen LogP contribution in [0.4, 0.5) is 0 Å². The Bertz CT molecular complexity index is 394. The van der Waals surface area contributed by atoms with Crippen LogP contribution in [0, 0.1) is 5.92 Å². The Labute approximate surface area is 116 Å². The summed E-state index contributed by atoms with van der Waals surface area (Å²) in [6, 6.07) is 8.48. The summed E-state index contributed by atoms with van der Waals surface area (Å²) in [7, 11) is 0. The zero-order valence-electron chi connectivity index (χ0n) is 11.9. The topological polar surface area (TPSA) is 41.5 Å². The predicted octanol–water partition coefficient (Wildman–Crippen LogP) is 2.90. The van der Waals surface area contributed by atoms with Crippen molar-refractivity contribution in [2.45, 2.75) is 45.3 Å². The first-order chi connectivity index (χ1) is 9.20. The van der Waals surface area contributed by atoms with Gasteiger partial charge >= 0.3 is 0 Å². The summed E-state index contributed by atoms with van der Waals surface area (Å²) < 4.78 is 5.67. The third-order valence-corrected chi connectivity index (χ3v) is 3.91. The molecule has 0 spiro atoms. The highest BCUT2D eigenvalue weighted by Crippen LogP contribution is 2.27. The number of ether oxygens (including phenoxy) is 1. The normalized spacial score (nSPS) is 24.4. The molecule has 1 aliphatic rings. The van der Waals surface area contributed by atoms with Gasteiger partial charge in [-0.1, -0.05) is 18.2 Å². The molecule has 3 heteroatoms. The second kappa shape index (κ2) is 6.92. The SMILES string of the molecule is CCOc1ccccc1C(C)NCC1CCC(O)C1. The number of aliphatic hydroxyl groups excluding tert-OH is 1. The largest absolute Gasteiger partial charge is 0.494 e. The van der Waals surface area contributed by atoms with Crippen LogP contribution < -0.4 is 10.1 Å². The van der Waals surface area contributed by atoms with E-state index in [2.05, 4.69) is 24.4 Å². The summed E-state index contributed by atoms with van der Waals surface area (Å²) in [4.78, 5) is 0. The average Bonchev–Trinajstić information content (AvgIpc) is 2.83. The lowest BCUT2D eigenvalue weighted by Gasteiger charge is -2.20. The van der Waals surface area contributed by atoms with E-state index in [4.69, 9.17) is 4.74 Å². The van der Waals surface area contributed by atoms with Gasteiger partial charge in [-0.05, 0) is 51.6 Å². The molecule has 3 atom stereocenters. The predicted molar refractivity (Wildman–Crippen MR) is 77.4 cm³/mol. The van der Waals surface area contributed by atoms with Crippen molar-refractivity contribution in [3.63, 3.8) is 0 Å². The third kappa shape index (κ3) is 3.95. The molecule has 0 bridgehead atoms. The summed E-state index contributed by atoms with van der Waals surface area (Å²) in [6.45, 7) is 5.84. The molecule has 0 saturated heterocycles. The average molecular weight is 263 g/mol. The minimum atomic E-state index is -0.0854. The van der Waals surface area contributed by atoms with E-state index in [-0.39, 0.29) is 12.1 Å². The van der Waals surface area contributed by atoms with Crippen LogP contribution in [-0.4, -0.2) is 24.4 Å². The van der Waals surface area contributed by atoms with Gasteiger partial charge in [-0.2, -0.15) is 0 Å². The quantitative estimate of drug-likeness (QED) is 0.829. The Balaban J connectivity index is 1.90. The van der Waals surface area contributed by atoms with Crippen molar-refractivity contribution in [1.29, 1.82) is 0 Å². The Kier molecular flexibility index (Phi) is 5.23. The molecule has 2 N–H and O–H groups in total. The standard InChI is InChI=1S/C16H25NO2/c1-3-19-16-7-5-4-6-15(16)12(2)17-11-13-8-9-14(18)10-13/h4-7,12-14,17-18H,3,8-11H2,1-2H3. The van der Waals surface area contributed by atoms with Crippen LogP contribution in [0.1, 0.15) is 44.7 Å². The van der Waals surface area contributed by atoms with Crippen molar-refractivity contribution < 1.29 is 9.84 Å². The van der Waals surface area contributed by atoms with Crippen molar-refractivity contribution in [3.05, 3.63) is 29.8 Å². The lowest BCUT2D eigenvalue weighted by molar-refractivity contribution is 0.177. The molecule has 0 aliphatic heterocycles. The summed E-state index contributed by atoms with van der Waals surface area (Å²) in [5.74, 6) is 1.58. The van der Waals surface area contributed by atoms with Crippen molar-refractivity contribution in [2.24, 2.45) is 5.92 Å².